The van der Waals surface area contributed by atoms with E-state index in [0.717, 1.165) is 72.5 Å². The first-order valence-electron chi connectivity index (χ1n) is 22.9. The van der Waals surface area contributed by atoms with Crippen molar-refractivity contribution in [3.63, 3.8) is 0 Å². The number of benzene rings is 11. The Morgan fingerprint density at radius 1 is 0.299 bits per heavy atom. The molecule has 0 radical (unpaired) electrons. The Balaban J connectivity index is 1.08. The van der Waals surface area contributed by atoms with Crippen molar-refractivity contribution in [3.05, 3.63) is 255 Å². The van der Waals surface area contributed by atoms with E-state index in [1.54, 1.807) is 0 Å². The van der Waals surface area contributed by atoms with E-state index >= 15 is 0 Å². The highest BCUT2D eigenvalue weighted by Gasteiger charge is 2.25. The summed E-state index contributed by atoms with van der Waals surface area (Å²) in [7, 11) is 0. The maximum absolute atomic E-state index is 6.34. The van der Waals surface area contributed by atoms with Crippen LogP contribution in [-0.4, -0.2) is 4.57 Å². The van der Waals surface area contributed by atoms with Gasteiger partial charge in [-0.3, -0.25) is 0 Å². The van der Waals surface area contributed by atoms with Crippen LogP contribution in [0.15, 0.2) is 259 Å². The standard InChI is InChI=1S/C64H42N2O/c1-3-19-43(20-4-1)50-30-17-21-44-22-18-31-54(64(44)50)51-27-9-15-35-60(51)66(58-33-13-8-26-49(58)46-38-40-63-56(42-46)53-29-11-16-36-62(53)67-63)57-32-12-7-25-48(57)45-37-39-61-55(41-45)52-28-10-14-34-59(52)65(61)47-23-5-2-6-24-47/h1-42H. The minimum absolute atomic E-state index is 0.879. The molecule has 0 N–H and O–H groups in total. The van der Waals surface area contributed by atoms with Crippen molar-refractivity contribution in [2.24, 2.45) is 0 Å². The maximum Gasteiger partial charge on any atom is 0.135 e. The van der Waals surface area contributed by atoms with Crippen LogP contribution in [0.4, 0.5) is 17.1 Å². The predicted molar refractivity (Wildman–Crippen MR) is 282 cm³/mol. The monoisotopic (exact) mass is 854 g/mol. The minimum atomic E-state index is 0.879. The predicted octanol–water partition coefficient (Wildman–Crippen LogP) is 18.0. The molecule has 0 saturated heterocycles. The van der Waals surface area contributed by atoms with Crippen molar-refractivity contribution in [1.29, 1.82) is 0 Å². The quantitative estimate of drug-likeness (QED) is 0.152. The molecule has 3 nitrogen and oxygen atoms in total. The van der Waals surface area contributed by atoms with Gasteiger partial charge in [0.1, 0.15) is 11.2 Å². The molecule has 0 bridgehead atoms. The summed E-state index contributed by atoms with van der Waals surface area (Å²) >= 11 is 0. The van der Waals surface area contributed by atoms with Gasteiger partial charge in [-0.2, -0.15) is 0 Å². The molecule has 3 heteroatoms. The summed E-state index contributed by atoms with van der Waals surface area (Å²) in [6.07, 6.45) is 0. The first-order chi connectivity index (χ1) is 33.3. The Labute approximate surface area is 388 Å². The van der Waals surface area contributed by atoms with E-state index in [-0.39, 0.29) is 0 Å². The van der Waals surface area contributed by atoms with Crippen LogP contribution in [0, 0.1) is 0 Å². The normalized spacial score (nSPS) is 11.6. The van der Waals surface area contributed by atoms with Crippen LogP contribution in [-0.2, 0) is 0 Å². The fraction of sp³-hybridized carbons (Fsp3) is 0. The van der Waals surface area contributed by atoms with Gasteiger partial charge < -0.3 is 13.9 Å². The average Bonchev–Trinajstić information content (AvgIpc) is 3.94. The molecular formula is C64H42N2O. The number of hydrogen-bond acceptors (Lipinski definition) is 2. The molecular weight excluding hydrogens is 813 g/mol. The van der Waals surface area contributed by atoms with Gasteiger partial charge in [0.15, 0.2) is 0 Å². The zero-order chi connectivity index (χ0) is 44.3. The fourth-order valence-corrected chi connectivity index (χ4v) is 10.4. The highest BCUT2D eigenvalue weighted by molar-refractivity contribution is 6.13. The van der Waals surface area contributed by atoms with Gasteiger partial charge in [0.2, 0.25) is 0 Å². The zero-order valence-electron chi connectivity index (χ0n) is 36.6. The van der Waals surface area contributed by atoms with Crippen LogP contribution >= 0.6 is 0 Å². The molecule has 314 valence electrons. The molecule has 0 aliphatic carbocycles. The van der Waals surface area contributed by atoms with E-state index in [4.69, 9.17) is 4.42 Å². The Hall–Kier alpha value is -8.92. The van der Waals surface area contributed by atoms with Gasteiger partial charge in [0.05, 0.1) is 28.1 Å². The second kappa shape index (κ2) is 16.0. The summed E-state index contributed by atoms with van der Waals surface area (Å²) in [6, 6.07) is 92.2. The molecule has 0 saturated carbocycles. The molecule has 2 aromatic heterocycles. The van der Waals surface area contributed by atoms with Crippen LogP contribution in [0.1, 0.15) is 0 Å². The number of furan rings is 1. The molecule has 0 aliphatic rings. The van der Waals surface area contributed by atoms with Gasteiger partial charge in [-0.15, -0.1) is 0 Å². The summed E-state index contributed by atoms with van der Waals surface area (Å²) in [5, 5.41) is 7.07. The van der Waals surface area contributed by atoms with Crippen molar-refractivity contribution in [2.45, 2.75) is 0 Å². The van der Waals surface area contributed by atoms with Gasteiger partial charge in [0.25, 0.3) is 0 Å². The van der Waals surface area contributed by atoms with Crippen LogP contribution in [0.2, 0.25) is 0 Å². The minimum Gasteiger partial charge on any atom is -0.456 e. The van der Waals surface area contributed by atoms with E-state index in [1.807, 2.05) is 12.1 Å². The molecule has 11 aromatic carbocycles. The van der Waals surface area contributed by atoms with Crippen LogP contribution in [0.3, 0.4) is 0 Å². The molecule has 0 spiro atoms. The number of para-hydroxylation sites is 6. The molecule has 0 unspecified atom stereocenters. The van der Waals surface area contributed by atoms with E-state index in [1.165, 1.54) is 49.3 Å². The summed E-state index contributed by atoms with van der Waals surface area (Å²) in [5.74, 6) is 0. The molecule has 0 atom stereocenters. The third-order valence-corrected chi connectivity index (χ3v) is 13.4. The van der Waals surface area contributed by atoms with Gasteiger partial charge in [-0.25, -0.2) is 0 Å². The highest BCUT2D eigenvalue weighted by atomic mass is 16.3. The summed E-state index contributed by atoms with van der Waals surface area (Å²) < 4.78 is 8.72. The lowest BCUT2D eigenvalue weighted by molar-refractivity contribution is 0.669. The average molecular weight is 855 g/mol. The van der Waals surface area contributed by atoms with E-state index in [0.29, 0.717) is 0 Å². The molecule has 67 heavy (non-hydrogen) atoms. The Morgan fingerprint density at radius 2 is 0.806 bits per heavy atom. The smallest absolute Gasteiger partial charge is 0.135 e. The molecule has 13 aromatic rings. The first kappa shape index (κ1) is 38.5. The molecule has 0 fully saturated rings. The highest BCUT2D eigenvalue weighted by Crippen LogP contribution is 2.50. The van der Waals surface area contributed by atoms with Gasteiger partial charge in [0, 0.05) is 43.9 Å². The Bertz CT molecular complexity index is 3990. The molecule has 13 rings (SSSR count). The lowest BCUT2D eigenvalue weighted by atomic mass is 9.90. The maximum atomic E-state index is 6.34. The lowest BCUT2D eigenvalue weighted by Crippen LogP contribution is -2.13. The number of aromatic nitrogens is 1. The third kappa shape index (κ3) is 6.43. The van der Waals surface area contributed by atoms with Crippen LogP contribution < -0.4 is 4.90 Å². The van der Waals surface area contributed by atoms with E-state index in [2.05, 4.69) is 252 Å². The first-order valence-corrected chi connectivity index (χ1v) is 22.9. The Kier molecular flexibility index (Phi) is 9.17. The molecule has 0 amide bonds. The van der Waals surface area contributed by atoms with Crippen molar-refractivity contribution in [3.8, 4) is 50.2 Å². The molecule has 2 heterocycles. The fourth-order valence-electron chi connectivity index (χ4n) is 10.4. The number of anilines is 3. The number of fused-ring (bicyclic) bond motifs is 7. The Morgan fingerprint density at radius 3 is 1.54 bits per heavy atom. The van der Waals surface area contributed by atoms with E-state index in [9.17, 15) is 0 Å². The second-order valence-corrected chi connectivity index (χ2v) is 17.2. The lowest BCUT2D eigenvalue weighted by Gasteiger charge is -2.32. The van der Waals surface area contributed by atoms with Gasteiger partial charge in [-0.05, 0) is 105 Å². The van der Waals surface area contributed by atoms with Crippen molar-refractivity contribution in [1.82, 2.24) is 4.57 Å². The van der Waals surface area contributed by atoms with Crippen molar-refractivity contribution >= 4 is 71.6 Å². The van der Waals surface area contributed by atoms with Crippen LogP contribution in [0.25, 0.3) is 105 Å². The largest absolute Gasteiger partial charge is 0.456 e. The summed E-state index contributed by atoms with van der Waals surface area (Å²) in [4.78, 5) is 2.50. The van der Waals surface area contributed by atoms with Gasteiger partial charge in [-0.1, -0.05) is 188 Å². The molecule has 0 aliphatic heterocycles. The number of nitrogens with zero attached hydrogens (tertiary/aromatic N) is 2. The zero-order valence-corrected chi connectivity index (χ0v) is 36.6. The van der Waals surface area contributed by atoms with E-state index < -0.39 is 0 Å². The van der Waals surface area contributed by atoms with Crippen molar-refractivity contribution < 1.29 is 4.42 Å². The van der Waals surface area contributed by atoms with Gasteiger partial charge >= 0.3 is 0 Å². The van der Waals surface area contributed by atoms with Crippen LogP contribution in [0.5, 0.6) is 0 Å². The summed E-state index contributed by atoms with van der Waals surface area (Å²) in [6.45, 7) is 0. The number of rotatable bonds is 8. The number of hydrogen-bond donors (Lipinski definition) is 0. The second-order valence-electron chi connectivity index (χ2n) is 17.2. The topological polar surface area (TPSA) is 21.3 Å². The van der Waals surface area contributed by atoms with Crippen molar-refractivity contribution in [2.75, 3.05) is 4.90 Å². The summed E-state index contributed by atoms with van der Waals surface area (Å²) in [5.41, 5.74) is 17.7. The third-order valence-electron chi connectivity index (χ3n) is 13.4. The SMILES string of the molecule is c1ccc(-c2cccc3cccc(-c4ccccc4N(c4ccccc4-c4ccc5oc6ccccc6c5c4)c4ccccc4-c4ccc5c(c4)c4ccccc4n5-c4ccccc4)c23)cc1.